The molecule has 0 heterocycles. The van der Waals surface area contributed by atoms with Crippen LogP contribution in [0, 0.1) is 10.1 Å². The van der Waals surface area contributed by atoms with Gasteiger partial charge >= 0.3 is 5.97 Å². The Bertz CT molecular complexity index is 352. The molecule has 68 valence electrons. The fourth-order valence-electron chi connectivity index (χ4n) is 0.915. The third-order valence-electron chi connectivity index (χ3n) is 1.51. The molecule has 6 heteroatoms. The maximum Gasteiger partial charge on any atom is 0.331 e. The Kier molecular flexibility index (Phi) is 2.75. The SMILES string of the molecule is O=C(O[SiH3])c1ccccc1[N+](=O)[O-]. The molecule has 0 aromatic heterocycles. The first-order valence-electron chi connectivity index (χ1n) is 3.48. The molecule has 1 rings (SSSR count). The second-order valence-electron chi connectivity index (χ2n) is 2.27. The van der Waals surface area contributed by atoms with E-state index in [-0.39, 0.29) is 21.7 Å². The zero-order valence-corrected chi connectivity index (χ0v) is 8.89. The highest BCUT2D eigenvalue weighted by molar-refractivity contribution is 6.10. The van der Waals surface area contributed by atoms with Crippen molar-refractivity contribution in [1.82, 2.24) is 0 Å². The Hall–Kier alpha value is -1.69. The smallest absolute Gasteiger partial charge is 0.331 e. The van der Waals surface area contributed by atoms with Crippen molar-refractivity contribution in [2.24, 2.45) is 0 Å². The van der Waals surface area contributed by atoms with Gasteiger partial charge in [0.15, 0.2) is 0 Å². The summed E-state index contributed by atoms with van der Waals surface area (Å²) in [4.78, 5) is 20.9. The lowest BCUT2D eigenvalue weighted by molar-refractivity contribution is -0.385. The van der Waals surface area contributed by atoms with Crippen molar-refractivity contribution < 1.29 is 14.1 Å². The largest absolute Gasteiger partial charge is 0.525 e. The van der Waals surface area contributed by atoms with E-state index in [4.69, 9.17) is 0 Å². The summed E-state index contributed by atoms with van der Waals surface area (Å²) >= 11 is 0. The molecule has 0 unspecified atom stereocenters. The number of nitro benzene ring substituents is 1. The van der Waals surface area contributed by atoms with E-state index < -0.39 is 10.9 Å². The van der Waals surface area contributed by atoms with E-state index in [2.05, 4.69) is 4.43 Å². The van der Waals surface area contributed by atoms with Gasteiger partial charge in [-0.15, -0.1) is 0 Å². The molecule has 0 aliphatic heterocycles. The molecule has 0 bridgehead atoms. The van der Waals surface area contributed by atoms with Gasteiger partial charge in [-0.2, -0.15) is 0 Å². The van der Waals surface area contributed by atoms with Gasteiger partial charge in [-0.25, -0.2) is 4.79 Å². The highest BCUT2D eigenvalue weighted by atomic mass is 28.2. The Morgan fingerprint density at radius 1 is 1.46 bits per heavy atom. The van der Waals surface area contributed by atoms with E-state index in [0.717, 1.165) is 0 Å². The van der Waals surface area contributed by atoms with Crippen LogP contribution in [0.25, 0.3) is 0 Å². The molecule has 0 spiro atoms. The Morgan fingerprint density at radius 3 is 2.62 bits per heavy atom. The average molecular weight is 197 g/mol. The number of carbonyl (C=O) groups excluding carboxylic acids is 1. The summed E-state index contributed by atoms with van der Waals surface area (Å²) in [6.07, 6.45) is 0. The predicted molar refractivity (Wildman–Crippen MR) is 48.5 cm³/mol. The number of para-hydroxylation sites is 1. The minimum absolute atomic E-state index is 0.00231. The zero-order chi connectivity index (χ0) is 9.84. The van der Waals surface area contributed by atoms with Gasteiger partial charge in [0.1, 0.15) is 5.56 Å². The quantitative estimate of drug-likeness (QED) is 0.381. The highest BCUT2D eigenvalue weighted by Gasteiger charge is 2.18. The van der Waals surface area contributed by atoms with E-state index >= 15 is 0 Å². The van der Waals surface area contributed by atoms with Gasteiger partial charge in [0.2, 0.25) is 10.5 Å². The van der Waals surface area contributed by atoms with Crippen molar-refractivity contribution in [3.63, 3.8) is 0 Å². The summed E-state index contributed by atoms with van der Waals surface area (Å²) in [6, 6.07) is 5.70. The summed E-state index contributed by atoms with van der Waals surface area (Å²) in [5, 5.41) is 10.5. The maximum absolute atomic E-state index is 11.0. The Balaban J connectivity index is 3.19. The molecule has 0 saturated carbocycles. The topological polar surface area (TPSA) is 69.4 Å². The number of carbonyl (C=O) groups is 1. The minimum atomic E-state index is -0.640. The first kappa shape index (κ1) is 9.40. The van der Waals surface area contributed by atoms with Crippen LogP contribution in [0.2, 0.25) is 0 Å². The molecule has 0 saturated heterocycles. The number of rotatable bonds is 2. The van der Waals surface area contributed by atoms with Crippen molar-refractivity contribution in [2.45, 2.75) is 0 Å². The third kappa shape index (κ3) is 1.91. The number of hydrogen-bond donors (Lipinski definition) is 0. The van der Waals surface area contributed by atoms with E-state index in [0.29, 0.717) is 0 Å². The Labute approximate surface area is 77.0 Å². The van der Waals surface area contributed by atoms with Crippen molar-refractivity contribution in [3.8, 4) is 0 Å². The lowest BCUT2D eigenvalue weighted by atomic mass is 10.2. The molecule has 1 aromatic rings. The molecule has 1 aromatic carbocycles. The summed E-state index contributed by atoms with van der Waals surface area (Å²) < 4.78 is 4.52. The lowest BCUT2D eigenvalue weighted by Crippen LogP contribution is -2.05. The van der Waals surface area contributed by atoms with Crippen molar-refractivity contribution in [3.05, 3.63) is 39.9 Å². The monoisotopic (exact) mass is 197 g/mol. The fraction of sp³-hybridized carbons (Fsp3) is 0. The normalized spacial score (nSPS) is 9.54. The van der Waals surface area contributed by atoms with E-state index in [1.807, 2.05) is 0 Å². The van der Waals surface area contributed by atoms with Crippen LogP contribution in [-0.2, 0) is 4.43 Å². The summed E-state index contributed by atoms with van der Waals surface area (Å²) in [5.41, 5.74) is -0.217. The molecule has 0 amide bonds. The van der Waals surface area contributed by atoms with Gasteiger partial charge in [0.25, 0.3) is 5.69 Å². The first-order chi connectivity index (χ1) is 6.16. The molecular weight excluding hydrogens is 190 g/mol. The molecule has 0 aliphatic rings. The third-order valence-corrected chi connectivity index (χ3v) is 1.88. The summed E-state index contributed by atoms with van der Waals surface area (Å²) in [5.74, 6) is -0.640. The van der Waals surface area contributed by atoms with Crippen LogP contribution in [-0.4, -0.2) is 21.4 Å². The summed E-state index contributed by atoms with van der Waals surface area (Å²) in [6.45, 7) is 0. The van der Waals surface area contributed by atoms with Gasteiger partial charge in [-0.05, 0) is 6.07 Å². The second kappa shape index (κ2) is 3.81. The van der Waals surface area contributed by atoms with Gasteiger partial charge < -0.3 is 4.43 Å². The standard InChI is InChI=1S/C7H7NO4Si/c9-7(12-13)5-3-1-2-4-6(5)8(10)11/h1-4H,13H3. The van der Waals surface area contributed by atoms with Gasteiger partial charge in [0.05, 0.1) is 4.92 Å². The Morgan fingerprint density at radius 2 is 2.08 bits per heavy atom. The molecule has 0 atom stereocenters. The maximum atomic E-state index is 11.0. The van der Waals surface area contributed by atoms with E-state index in [1.54, 1.807) is 6.07 Å². The highest BCUT2D eigenvalue weighted by Crippen LogP contribution is 2.17. The molecule has 0 aliphatic carbocycles. The minimum Gasteiger partial charge on any atom is -0.525 e. The van der Waals surface area contributed by atoms with Gasteiger partial charge in [-0.3, -0.25) is 10.1 Å². The van der Waals surface area contributed by atoms with Crippen LogP contribution >= 0.6 is 0 Å². The number of hydrogen-bond acceptors (Lipinski definition) is 4. The van der Waals surface area contributed by atoms with Gasteiger partial charge in [0, 0.05) is 6.07 Å². The molecule has 5 nitrogen and oxygen atoms in total. The molecule has 13 heavy (non-hydrogen) atoms. The van der Waals surface area contributed by atoms with Crippen LogP contribution < -0.4 is 0 Å². The van der Waals surface area contributed by atoms with Crippen molar-refractivity contribution in [1.29, 1.82) is 0 Å². The van der Waals surface area contributed by atoms with E-state index in [1.165, 1.54) is 18.2 Å². The fourth-order valence-corrected chi connectivity index (χ4v) is 1.14. The molecule has 0 N–H and O–H groups in total. The molecule has 0 radical (unpaired) electrons. The summed E-state index contributed by atoms with van der Waals surface area (Å²) in [7, 11) is 0.229. The lowest BCUT2D eigenvalue weighted by Gasteiger charge is -1.99. The number of benzene rings is 1. The average Bonchev–Trinajstić information content (AvgIpc) is 2.16. The van der Waals surface area contributed by atoms with Crippen LogP contribution in [0.15, 0.2) is 24.3 Å². The van der Waals surface area contributed by atoms with Crippen LogP contribution in [0.1, 0.15) is 10.4 Å². The van der Waals surface area contributed by atoms with Crippen LogP contribution in [0.4, 0.5) is 5.69 Å². The molecular formula is C7H7NO4Si. The molecule has 0 fully saturated rings. The first-order valence-corrected chi connectivity index (χ1v) is 4.30. The zero-order valence-electron chi connectivity index (χ0n) is 6.89. The van der Waals surface area contributed by atoms with Crippen LogP contribution in [0.3, 0.4) is 0 Å². The second-order valence-corrected chi connectivity index (χ2v) is 2.67. The predicted octanol–water partition coefficient (Wildman–Crippen LogP) is 0.0320. The van der Waals surface area contributed by atoms with Crippen LogP contribution in [0.5, 0.6) is 0 Å². The van der Waals surface area contributed by atoms with Gasteiger partial charge in [-0.1, -0.05) is 12.1 Å². The number of nitro groups is 1. The van der Waals surface area contributed by atoms with Crippen molar-refractivity contribution in [2.75, 3.05) is 0 Å². The van der Waals surface area contributed by atoms with Crippen molar-refractivity contribution >= 4 is 22.1 Å². The number of nitrogens with zero attached hydrogens (tertiary/aromatic N) is 1. The van der Waals surface area contributed by atoms with E-state index in [9.17, 15) is 14.9 Å².